The molecular formula is C134H268N10O4+10. The van der Waals surface area contributed by atoms with Crippen LogP contribution in [0.2, 0.25) is 0 Å². The zero-order chi connectivity index (χ0) is 111. The molecule has 14 nitrogen and oxygen atoms in total. The molecule has 0 heterocycles. The summed E-state index contributed by atoms with van der Waals surface area (Å²) >= 11 is 0. The first-order chi connectivity index (χ1) is 70.3. The largest absolute Gasteiger partial charge is 0.412 e. The molecule has 148 heavy (non-hydrogen) atoms. The zero-order valence-electron chi connectivity index (χ0n) is 106. The van der Waals surface area contributed by atoms with Gasteiger partial charge in [-0.2, -0.15) is 0 Å². The summed E-state index contributed by atoms with van der Waals surface area (Å²) in [6.45, 7) is 57.4. The Kier molecular flexibility index (Phi) is 89.7. The Labute approximate surface area is 928 Å². The van der Waals surface area contributed by atoms with E-state index in [0.29, 0.717) is 29.1 Å². The predicted octanol–water partition coefficient (Wildman–Crippen LogP) is 34.4. The Morgan fingerprint density at radius 2 is 0.372 bits per heavy atom. The van der Waals surface area contributed by atoms with E-state index < -0.39 is 0 Å². The van der Waals surface area contributed by atoms with Crippen LogP contribution in [0.4, 0.5) is 0 Å². The molecule has 0 unspecified atom stereocenters. The van der Waals surface area contributed by atoms with E-state index in [1.807, 2.05) is 12.2 Å². The molecule has 0 aliphatic carbocycles. The van der Waals surface area contributed by atoms with Crippen LogP contribution in [0, 0.1) is 0 Å². The van der Waals surface area contributed by atoms with Crippen LogP contribution in [0.5, 0.6) is 0 Å². The van der Waals surface area contributed by atoms with Gasteiger partial charge in [0.15, 0.2) is 0 Å². The van der Waals surface area contributed by atoms with Crippen molar-refractivity contribution in [2.75, 3.05) is 258 Å². The maximum absolute atomic E-state index is 12.3. The number of ether oxygens (including phenoxy) is 2. The smallest absolute Gasteiger partial charge is 0.337 e. The molecule has 2 aromatic carbocycles. The lowest BCUT2D eigenvalue weighted by atomic mass is 10.1. The van der Waals surface area contributed by atoms with Gasteiger partial charge in [-0.05, 0) is 102 Å². The Morgan fingerprint density at radius 3 is 0.581 bits per heavy atom. The van der Waals surface area contributed by atoms with E-state index in [4.69, 9.17) is 9.47 Å². The highest BCUT2D eigenvalue weighted by molar-refractivity contribution is 5.87. The van der Waals surface area contributed by atoms with Crippen molar-refractivity contribution in [2.24, 2.45) is 0 Å². The van der Waals surface area contributed by atoms with Crippen LogP contribution >= 0.6 is 0 Å². The lowest BCUT2D eigenvalue weighted by Gasteiger charge is -2.38. The summed E-state index contributed by atoms with van der Waals surface area (Å²) in [5.41, 5.74) is 6.27. The minimum atomic E-state index is -0.291. The standard InChI is InChI=1S/C44H86N3.C40H84N3O2.C27H50N2.C23H48N2O2/c1-9-12-14-16-18-20-22-24-26-28-36-45(4,5)38-30-40-47(8,42-44-34-32-43(11-3)33-35-44)41-31-39-46(6,7)37-29-27-25-23-21-19-17-15-13-10-2;1-10-12-14-16-18-20-22-24-26-28-32-41(5,6)34-30-36-43(9,38-45-40(44)39(3)4)37-31-35-42(7,8)33-29-27-25-23-21-19-17-15-13-11-2;1-7-9-10-11-12-13-14-15-16-17-22-28(3,4)23-24-29(5,6)25-27-20-18-26(8-2)19-21-27;1-8-9-10-11-12-13-14-15-16-17-18-24(4,5)19-20-25(6,7)21-27-23(26)22(2)3/h11,32-35H,3,9-10,12-31,36-42H2,1-2,4-8H3;3,10-38H2,1-2,4-9H3;8,18-21H,2,7,9-17,22-25H2,1,3-6H3;2,8-21H2,1,3-7H3/q2*+3;2*+2. The molecule has 0 aromatic heterocycles. The van der Waals surface area contributed by atoms with Crippen LogP contribution < -0.4 is 0 Å². The highest BCUT2D eigenvalue weighted by Crippen LogP contribution is 2.25. The fourth-order valence-electron chi connectivity index (χ4n) is 21.2. The Morgan fingerprint density at radius 1 is 0.203 bits per heavy atom. The number of esters is 2. The monoisotopic (exact) mass is 2080 g/mol. The van der Waals surface area contributed by atoms with E-state index in [9.17, 15) is 9.59 Å². The first-order valence-electron chi connectivity index (χ1n) is 63.6. The van der Waals surface area contributed by atoms with Gasteiger partial charge >= 0.3 is 11.9 Å². The summed E-state index contributed by atoms with van der Waals surface area (Å²) in [4.78, 5) is 23.8. The normalized spacial score (nSPS) is 12.4. The van der Waals surface area contributed by atoms with Crippen LogP contribution in [0.15, 0.2) is 86.0 Å². The van der Waals surface area contributed by atoms with Crippen molar-refractivity contribution in [3.05, 3.63) is 108 Å². The summed E-state index contributed by atoms with van der Waals surface area (Å²) in [5.74, 6) is -0.547. The third-order valence-corrected chi connectivity index (χ3v) is 32.5. The van der Waals surface area contributed by atoms with Gasteiger partial charge in [0.25, 0.3) is 0 Å². The molecule has 0 aliphatic heterocycles. The zero-order valence-corrected chi connectivity index (χ0v) is 106. The van der Waals surface area contributed by atoms with Gasteiger partial charge in [0.2, 0.25) is 13.5 Å². The van der Waals surface area contributed by atoms with Crippen molar-refractivity contribution < 1.29 is 63.9 Å². The summed E-state index contributed by atoms with van der Waals surface area (Å²) in [7, 11) is 42.7. The summed E-state index contributed by atoms with van der Waals surface area (Å²) in [6, 6.07) is 18.0. The number of carbonyl (C=O) groups is 2. The van der Waals surface area contributed by atoms with Crippen molar-refractivity contribution >= 4 is 24.1 Å². The van der Waals surface area contributed by atoms with Crippen LogP contribution in [-0.2, 0) is 32.2 Å². The molecule has 0 atom stereocenters. The van der Waals surface area contributed by atoms with Gasteiger partial charge in [0.1, 0.15) is 39.3 Å². The van der Waals surface area contributed by atoms with E-state index in [1.54, 1.807) is 13.8 Å². The summed E-state index contributed by atoms with van der Waals surface area (Å²) in [5, 5.41) is 0. The van der Waals surface area contributed by atoms with Crippen LogP contribution in [0.3, 0.4) is 0 Å². The second-order valence-corrected chi connectivity index (χ2v) is 53.1. The Hall–Kier alpha value is -4.06. The molecule has 0 saturated carbocycles. The fraction of sp³-hybridized carbons (Fsp3) is 0.836. The lowest BCUT2D eigenvalue weighted by Crippen LogP contribution is -2.52. The number of nitrogens with zero attached hydrogens (tertiary/aromatic N) is 10. The quantitative estimate of drug-likeness (QED) is 0.0218. The van der Waals surface area contributed by atoms with Gasteiger partial charge in [0.05, 0.1) is 218 Å². The SMILES string of the molecule is C=C(C)C(=O)OC[N+](C)(C)CC[N+](C)(C)CCCCCCCCCCCC.C=C(C)C(=O)OC[N+](C)(CCC[N+](C)(C)CCCCCCCCCCCC)CCC[N+](C)(C)CCCCCCCCCCCC.C=Cc1ccc(C[N+](C)(C)CC[N+](C)(C)CCCCCCCCCCCC)cc1.C=Cc1ccc(C[N+](C)(CCC[N+](C)(C)CCCCCCCCCCCC)CCC[N+](C)(C)CCCCCCCCCCCC)cc1. The Balaban J connectivity index is 0. The summed E-state index contributed by atoms with van der Waals surface area (Å²) in [6.07, 6.45) is 93.2. The first kappa shape index (κ1) is 146. The number of benzene rings is 2. The molecule has 2 aromatic rings. The van der Waals surface area contributed by atoms with E-state index in [1.165, 1.54) is 521 Å². The highest BCUT2D eigenvalue weighted by atomic mass is 16.6. The van der Waals surface area contributed by atoms with Crippen LogP contribution in [-0.4, -0.2) is 315 Å². The minimum absolute atomic E-state index is 0.256. The molecule has 0 radical (unpaired) electrons. The van der Waals surface area contributed by atoms with Crippen molar-refractivity contribution in [3.63, 3.8) is 0 Å². The molecule has 0 spiro atoms. The minimum Gasteiger partial charge on any atom is -0.412 e. The molecule has 0 N–H and O–H groups in total. The number of hydrogen-bond donors (Lipinski definition) is 0. The molecule has 0 bridgehead atoms. The van der Waals surface area contributed by atoms with Crippen LogP contribution in [0.25, 0.3) is 12.2 Å². The number of rotatable bonds is 100. The molecular weight excluding hydrogens is 1810 g/mol. The number of carbonyl (C=O) groups excluding carboxylic acids is 2. The average Bonchev–Trinajstić information content (AvgIpc) is 0.842. The third kappa shape index (κ3) is 93.2. The number of quaternary nitrogens is 10. The lowest BCUT2D eigenvalue weighted by molar-refractivity contribution is -0.954. The number of hydrogen-bond acceptors (Lipinski definition) is 4. The molecule has 0 aliphatic rings. The van der Waals surface area contributed by atoms with E-state index >= 15 is 0 Å². The average molecular weight is 2080 g/mol. The van der Waals surface area contributed by atoms with Crippen molar-refractivity contribution in [1.29, 1.82) is 0 Å². The first-order valence-corrected chi connectivity index (χ1v) is 63.6. The Bertz CT molecular complexity index is 3320. The van der Waals surface area contributed by atoms with Gasteiger partial charge in [-0.25, -0.2) is 9.59 Å². The van der Waals surface area contributed by atoms with Crippen LogP contribution in [0.1, 0.15) is 489 Å². The molecule has 0 saturated heterocycles. The third-order valence-electron chi connectivity index (χ3n) is 32.5. The van der Waals surface area contributed by atoms with Crippen molar-refractivity contribution in [1.82, 2.24) is 0 Å². The number of likely N-dealkylation sites (N-methyl/N-ethyl adjacent to an activating group) is 4. The predicted molar refractivity (Wildman–Crippen MR) is 658 cm³/mol. The second kappa shape index (κ2) is 91.0. The van der Waals surface area contributed by atoms with Crippen molar-refractivity contribution in [3.8, 4) is 0 Å². The van der Waals surface area contributed by atoms with Gasteiger partial charge in [0, 0.05) is 48.0 Å². The molecule has 14 heteroatoms. The molecule has 868 valence electrons. The van der Waals surface area contributed by atoms with E-state index in [2.05, 4.69) is 243 Å². The van der Waals surface area contributed by atoms with Gasteiger partial charge in [-0.3, -0.25) is 8.97 Å². The van der Waals surface area contributed by atoms with E-state index in [0.717, 1.165) is 83.5 Å². The fourth-order valence-corrected chi connectivity index (χ4v) is 21.2. The molecule has 2 rings (SSSR count). The maximum atomic E-state index is 12.3. The second-order valence-electron chi connectivity index (χ2n) is 53.1. The number of unbranched alkanes of at least 4 members (excludes halogenated alkanes) is 54. The summed E-state index contributed by atoms with van der Waals surface area (Å²) < 4.78 is 21.5. The topological polar surface area (TPSA) is 52.6 Å². The maximum Gasteiger partial charge on any atom is 0.337 e. The highest BCUT2D eigenvalue weighted by Gasteiger charge is 2.32. The molecule has 0 amide bonds. The van der Waals surface area contributed by atoms with Gasteiger partial charge in [-0.15, -0.1) is 0 Å². The van der Waals surface area contributed by atoms with E-state index in [-0.39, 0.29) is 11.9 Å². The van der Waals surface area contributed by atoms with Gasteiger partial charge < -0.3 is 45.3 Å². The van der Waals surface area contributed by atoms with Crippen molar-refractivity contribution in [2.45, 2.75) is 479 Å². The molecule has 0 fully saturated rings. The van der Waals surface area contributed by atoms with Gasteiger partial charge in [-0.1, -0.05) is 437 Å².